The van der Waals surface area contributed by atoms with Gasteiger partial charge in [-0.05, 0) is 66.6 Å². The van der Waals surface area contributed by atoms with Gasteiger partial charge in [0.1, 0.15) is 0 Å². The minimum atomic E-state index is 0.845. The van der Waals surface area contributed by atoms with E-state index < -0.39 is 0 Å². The zero-order chi connectivity index (χ0) is 9.50. The van der Waals surface area contributed by atoms with E-state index in [2.05, 4.69) is 13.8 Å². The molecule has 0 aromatic carbocycles. The van der Waals surface area contributed by atoms with Gasteiger partial charge in [-0.2, -0.15) is 0 Å². The fraction of sp³-hybridized carbons (Fsp3) is 1.00. The predicted molar refractivity (Wildman–Crippen MR) is 57.8 cm³/mol. The van der Waals surface area contributed by atoms with Crippen molar-refractivity contribution in [3.8, 4) is 0 Å². The zero-order valence-electron chi connectivity index (χ0n) is 9.50. The second-order valence-corrected chi connectivity index (χ2v) is 7.01. The molecule has 0 heterocycles. The molecule has 0 bridgehead atoms. The maximum Gasteiger partial charge on any atom is -0.0261 e. The van der Waals surface area contributed by atoms with Crippen molar-refractivity contribution in [2.75, 3.05) is 0 Å². The van der Waals surface area contributed by atoms with Crippen LogP contribution in [0.25, 0.3) is 0 Å². The van der Waals surface area contributed by atoms with E-state index in [0.29, 0.717) is 0 Å². The summed E-state index contributed by atoms with van der Waals surface area (Å²) in [6.07, 6.45) is 7.83. The summed E-state index contributed by atoms with van der Waals surface area (Å²) < 4.78 is 0. The van der Waals surface area contributed by atoms with Gasteiger partial charge in [0.2, 0.25) is 0 Å². The maximum absolute atomic E-state index is 2.59. The first-order valence-electron chi connectivity index (χ1n) is 6.72. The van der Waals surface area contributed by atoms with Crippen molar-refractivity contribution < 1.29 is 0 Å². The Morgan fingerprint density at radius 2 is 1.86 bits per heavy atom. The number of hydrogen-bond acceptors (Lipinski definition) is 0. The molecule has 0 aromatic rings. The Balaban J connectivity index is 1.50. The van der Waals surface area contributed by atoms with Gasteiger partial charge in [0.15, 0.2) is 0 Å². The molecule has 4 fully saturated rings. The van der Waals surface area contributed by atoms with Gasteiger partial charge >= 0.3 is 0 Å². The van der Waals surface area contributed by atoms with Crippen LogP contribution in [0, 0.1) is 40.9 Å². The summed E-state index contributed by atoms with van der Waals surface area (Å²) in [6, 6.07) is 0. The minimum absolute atomic E-state index is 0.845. The maximum atomic E-state index is 2.59. The highest BCUT2D eigenvalue weighted by Gasteiger charge is 2.73. The molecule has 0 aliphatic heterocycles. The zero-order valence-corrected chi connectivity index (χ0v) is 9.50. The number of hydrogen-bond donors (Lipinski definition) is 0. The monoisotopic (exact) mass is 190 g/mol. The van der Waals surface area contributed by atoms with Crippen LogP contribution in [0.1, 0.15) is 46.0 Å². The van der Waals surface area contributed by atoms with Crippen LogP contribution in [0.5, 0.6) is 0 Å². The SMILES string of the molecule is CC1CC2C(C1)C2C1C2CCCC21C. The van der Waals surface area contributed by atoms with Crippen molar-refractivity contribution in [1.82, 2.24) is 0 Å². The molecule has 5 atom stereocenters. The third kappa shape index (κ3) is 0.785. The predicted octanol–water partition coefficient (Wildman–Crippen LogP) is 3.71. The van der Waals surface area contributed by atoms with E-state index in [0.717, 1.165) is 11.3 Å². The Kier molecular flexibility index (Phi) is 1.30. The quantitative estimate of drug-likeness (QED) is 0.591. The Bertz CT molecular complexity index is 270. The van der Waals surface area contributed by atoms with Crippen LogP contribution in [-0.2, 0) is 0 Å². The molecule has 4 rings (SSSR count). The third-order valence-corrected chi connectivity index (χ3v) is 6.33. The molecule has 0 aromatic heterocycles. The molecule has 4 saturated carbocycles. The van der Waals surface area contributed by atoms with Crippen molar-refractivity contribution in [3.63, 3.8) is 0 Å². The van der Waals surface area contributed by atoms with Gasteiger partial charge < -0.3 is 0 Å². The molecular weight excluding hydrogens is 168 g/mol. The van der Waals surface area contributed by atoms with Gasteiger partial charge in [-0.25, -0.2) is 0 Å². The number of rotatable bonds is 1. The molecule has 0 saturated heterocycles. The average Bonchev–Trinajstić information content (AvgIpc) is 2.76. The van der Waals surface area contributed by atoms with Crippen LogP contribution < -0.4 is 0 Å². The molecule has 0 radical (unpaired) electrons. The van der Waals surface area contributed by atoms with E-state index in [-0.39, 0.29) is 0 Å². The molecule has 0 nitrogen and oxygen atoms in total. The van der Waals surface area contributed by atoms with Crippen LogP contribution in [0.2, 0.25) is 0 Å². The summed E-state index contributed by atoms with van der Waals surface area (Å²) in [6.45, 7) is 5.05. The Morgan fingerprint density at radius 1 is 1.14 bits per heavy atom. The smallest absolute Gasteiger partial charge is 0.0261 e. The van der Waals surface area contributed by atoms with Crippen LogP contribution in [0.4, 0.5) is 0 Å². The largest absolute Gasteiger partial charge is 0.0625 e. The minimum Gasteiger partial charge on any atom is -0.0625 e. The molecule has 5 unspecified atom stereocenters. The number of fused-ring (bicyclic) bond motifs is 2. The standard InChI is InChI=1S/C14H22/c1-8-6-9-10(7-8)12(9)13-11-4-3-5-14(11,13)2/h8-13H,3-7H2,1-2H3. The van der Waals surface area contributed by atoms with E-state index in [1.54, 1.807) is 25.7 Å². The lowest BCUT2D eigenvalue weighted by Crippen LogP contribution is -2.04. The molecular formula is C14H22. The van der Waals surface area contributed by atoms with E-state index in [1.165, 1.54) is 36.0 Å². The summed E-state index contributed by atoms with van der Waals surface area (Å²) >= 11 is 0. The topological polar surface area (TPSA) is 0 Å². The van der Waals surface area contributed by atoms with Gasteiger partial charge in [0.05, 0.1) is 0 Å². The lowest BCUT2D eigenvalue weighted by molar-refractivity contribution is 0.371. The Morgan fingerprint density at radius 3 is 2.43 bits per heavy atom. The van der Waals surface area contributed by atoms with E-state index in [9.17, 15) is 0 Å². The molecule has 0 N–H and O–H groups in total. The summed E-state index contributed by atoms with van der Waals surface area (Å²) in [5, 5.41) is 0. The highest BCUT2D eigenvalue weighted by atomic mass is 14.8. The lowest BCUT2D eigenvalue weighted by atomic mass is 9.93. The van der Waals surface area contributed by atoms with Crippen molar-refractivity contribution in [3.05, 3.63) is 0 Å². The van der Waals surface area contributed by atoms with Gasteiger partial charge in [0.25, 0.3) is 0 Å². The van der Waals surface area contributed by atoms with Crippen LogP contribution >= 0.6 is 0 Å². The van der Waals surface area contributed by atoms with Crippen molar-refractivity contribution >= 4 is 0 Å². The third-order valence-electron chi connectivity index (χ3n) is 6.33. The van der Waals surface area contributed by atoms with Gasteiger partial charge in [-0.15, -0.1) is 0 Å². The first kappa shape index (κ1) is 8.19. The van der Waals surface area contributed by atoms with Crippen molar-refractivity contribution in [2.24, 2.45) is 40.9 Å². The molecule has 78 valence electrons. The summed E-state index contributed by atoms with van der Waals surface area (Å²) in [5.74, 6) is 7.02. The van der Waals surface area contributed by atoms with Crippen molar-refractivity contribution in [1.29, 1.82) is 0 Å². The first-order chi connectivity index (χ1) is 6.72. The molecule has 4 aliphatic rings. The normalized spacial score (nSPS) is 69.0. The molecule has 4 aliphatic carbocycles. The molecule has 0 heteroatoms. The van der Waals surface area contributed by atoms with Crippen molar-refractivity contribution in [2.45, 2.75) is 46.0 Å². The summed E-state index contributed by atoms with van der Waals surface area (Å²) in [5.41, 5.74) is 0.845. The van der Waals surface area contributed by atoms with Crippen LogP contribution in [0.3, 0.4) is 0 Å². The van der Waals surface area contributed by atoms with E-state index in [1.807, 2.05) is 0 Å². The summed E-state index contributed by atoms with van der Waals surface area (Å²) in [4.78, 5) is 0. The van der Waals surface area contributed by atoms with Gasteiger partial charge in [0, 0.05) is 0 Å². The molecule has 0 amide bonds. The van der Waals surface area contributed by atoms with E-state index in [4.69, 9.17) is 0 Å². The molecule has 14 heavy (non-hydrogen) atoms. The van der Waals surface area contributed by atoms with Gasteiger partial charge in [-0.1, -0.05) is 20.3 Å². The van der Waals surface area contributed by atoms with Crippen LogP contribution in [-0.4, -0.2) is 0 Å². The van der Waals surface area contributed by atoms with Gasteiger partial charge in [-0.3, -0.25) is 0 Å². The first-order valence-corrected chi connectivity index (χ1v) is 6.72. The highest BCUT2D eigenvalue weighted by molar-refractivity contribution is 5.21. The average molecular weight is 190 g/mol. The van der Waals surface area contributed by atoms with E-state index >= 15 is 0 Å². The Labute approximate surface area is 87.5 Å². The fourth-order valence-corrected chi connectivity index (χ4v) is 5.67. The fourth-order valence-electron chi connectivity index (χ4n) is 5.67. The second kappa shape index (κ2) is 2.23. The highest BCUT2D eigenvalue weighted by Crippen LogP contribution is 2.79. The van der Waals surface area contributed by atoms with Crippen LogP contribution in [0.15, 0.2) is 0 Å². The second-order valence-electron chi connectivity index (χ2n) is 7.01. The molecule has 0 spiro atoms. The lowest BCUT2D eigenvalue weighted by Gasteiger charge is -2.12. The Hall–Kier alpha value is 0. The summed E-state index contributed by atoms with van der Waals surface area (Å²) in [7, 11) is 0.